The van der Waals surface area contributed by atoms with E-state index in [1.54, 1.807) is 39.0 Å². The highest BCUT2D eigenvalue weighted by Gasteiger charge is 2.23. The van der Waals surface area contributed by atoms with Crippen molar-refractivity contribution in [2.45, 2.75) is 44.3 Å². The van der Waals surface area contributed by atoms with E-state index in [1.165, 1.54) is 16.1 Å². The Bertz CT molecular complexity index is 984. The maximum atomic E-state index is 12.8. The second-order valence-electron chi connectivity index (χ2n) is 6.07. The lowest BCUT2D eigenvalue weighted by atomic mass is 10.3. The number of carbonyl (C=O) groups is 2. The zero-order valence-electron chi connectivity index (χ0n) is 17.1. The van der Waals surface area contributed by atoms with Gasteiger partial charge in [0.1, 0.15) is 0 Å². The van der Waals surface area contributed by atoms with Crippen LogP contribution >= 0.6 is 11.8 Å². The molecule has 9 nitrogen and oxygen atoms in total. The van der Waals surface area contributed by atoms with Crippen molar-refractivity contribution >= 4 is 44.8 Å². The van der Waals surface area contributed by atoms with E-state index in [0.717, 1.165) is 5.52 Å². The van der Waals surface area contributed by atoms with Crippen LogP contribution in [0.1, 0.15) is 27.7 Å². The van der Waals surface area contributed by atoms with Gasteiger partial charge in [0.15, 0.2) is 5.16 Å². The highest BCUT2D eigenvalue weighted by Crippen LogP contribution is 2.27. The maximum absolute atomic E-state index is 12.8. The Hall–Kier alpha value is -2.11. The number of benzene rings is 1. The molecule has 2 N–H and O–H groups in total. The van der Waals surface area contributed by atoms with Gasteiger partial charge in [0.2, 0.25) is 15.9 Å². The number of nitrogens with zero attached hydrogens (tertiary/aromatic N) is 3. The fraction of sp³-hybridized carbons (Fsp3) is 0.500. The molecule has 0 bridgehead atoms. The molecule has 29 heavy (non-hydrogen) atoms. The number of hydrogen-bond acceptors (Lipinski definition) is 6. The minimum Gasteiger partial charge on any atom is -0.338 e. The summed E-state index contributed by atoms with van der Waals surface area (Å²) in [6, 6.07) is 4.35. The molecule has 11 heteroatoms. The van der Waals surface area contributed by atoms with Crippen molar-refractivity contribution in [3.8, 4) is 0 Å². The van der Waals surface area contributed by atoms with Crippen LogP contribution in [0.3, 0.4) is 0 Å². The Balaban J connectivity index is 2.27. The number of rotatable bonds is 9. The molecule has 3 amide bonds. The van der Waals surface area contributed by atoms with Gasteiger partial charge in [-0.15, -0.1) is 0 Å². The third-order valence-corrected chi connectivity index (χ3v) is 7.29. The van der Waals surface area contributed by atoms with Crippen molar-refractivity contribution in [3.05, 3.63) is 18.2 Å². The van der Waals surface area contributed by atoms with Crippen molar-refractivity contribution in [1.82, 2.24) is 24.5 Å². The number of sulfonamides is 1. The predicted molar refractivity (Wildman–Crippen MR) is 113 cm³/mol. The number of carbonyl (C=O) groups excluding carboxylic acids is 2. The summed E-state index contributed by atoms with van der Waals surface area (Å²) in [6.45, 7) is 9.12. The van der Waals surface area contributed by atoms with Crippen LogP contribution in [-0.4, -0.2) is 59.6 Å². The van der Waals surface area contributed by atoms with E-state index >= 15 is 0 Å². The number of urea groups is 1. The van der Waals surface area contributed by atoms with Crippen LogP contribution in [0.15, 0.2) is 28.3 Å². The van der Waals surface area contributed by atoms with Crippen molar-refractivity contribution < 1.29 is 18.0 Å². The van der Waals surface area contributed by atoms with Gasteiger partial charge in [-0.3, -0.25) is 10.1 Å². The molecule has 0 atom stereocenters. The number of amides is 3. The molecule has 1 aromatic carbocycles. The number of nitrogens with one attached hydrogen (secondary N) is 2. The summed E-state index contributed by atoms with van der Waals surface area (Å²) in [7, 11) is -3.58. The molecule has 160 valence electrons. The van der Waals surface area contributed by atoms with Gasteiger partial charge in [-0.25, -0.2) is 18.2 Å². The Morgan fingerprint density at radius 3 is 2.45 bits per heavy atom. The average molecular weight is 442 g/mol. The van der Waals surface area contributed by atoms with Gasteiger partial charge in [0.25, 0.3) is 0 Å². The van der Waals surface area contributed by atoms with Gasteiger partial charge in [0, 0.05) is 26.2 Å². The Morgan fingerprint density at radius 1 is 1.17 bits per heavy atom. The largest absolute Gasteiger partial charge is 0.338 e. The fourth-order valence-corrected chi connectivity index (χ4v) is 5.23. The normalized spacial score (nSPS) is 11.8. The van der Waals surface area contributed by atoms with Crippen LogP contribution in [-0.2, 0) is 21.4 Å². The SMILES string of the molecule is CCNC(=O)NC(=O)CSc1nc2cc(S(=O)(=O)N(CC)CC)ccc2n1CC. The minimum absolute atomic E-state index is 0.0189. The molecule has 0 aliphatic heterocycles. The summed E-state index contributed by atoms with van der Waals surface area (Å²) < 4.78 is 28.8. The highest BCUT2D eigenvalue weighted by molar-refractivity contribution is 7.99. The van der Waals surface area contributed by atoms with Crippen molar-refractivity contribution in [2.24, 2.45) is 0 Å². The van der Waals surface area contributed by atoms with Gasteiger partial charge in [-0.2, -0.15) is 4.31 Å². The smallest absolute Gasteiger partial charge is 0.321 e. The van der Waals surface area contributed by atoms with Crippen LogP contribution in [0.5, 0.6) is 0 Å². The molecule has 0 fully saturated rings. The molecule has 2 aromatic rings. The van der Waals surface area contributed by atoms with Crippen molar-refractivity contribution in [3.63, 3.8) is 0 Å². The summed E-state index contributed by atoms with van der Waals surface area (Å²) >= 11 is 1.19. The van der Waals surface area contributed by atoms with Gasteiger partial charge in [-0.05, 0) is 32.0 Å². The minimum atomic E-state index is -3.58. The molecule has 1 heterocycles. The average Bonchev–Trinajstić information content (AvgIpc) is 3.03. The number of imidazole rings is 1. The second kappa shape index (κ2) is 10.1. The lowest BCUT2D eigenvalue weighted by Gasteiger charge is -2.18. The lowest BCUT2D eigenvalue weighted by molar-refractivity contribution is -0.117. The zero-order chi connectivity index (χ0) is 21.6. The molecule has 0 aliphatic carbocycles. The summed E-state index contributed by atoms with van der Waals surface area (Å²) in [5.74, 6) is -0.411. The van der Waals surface area contributed by atoms with Crippen molar-refractivity contribution in [1.29, 1.82) is 0 Å². The first-order valence-electron chi connectivity index (χ1n) is 9.49. The van der Waals surface area contributed by atoms with Gasteiger partial charge >= 0.3 is 6.03 Å². The summed E-state index contributed by atoms with van der Waals surface area (Å²) in [6.07, 6.45) is 0. The molecule has 0 spiro atoms. The number of thioether (sulfide) groups is 1. The highest BCUT2D eigenvalue weighted by atomic mass is 32.2. The molecular weight excluding hydrogens is 414 g/mol. The fourth-order valence-electron chi connectivity index (χ4n) is 2.87. The van der Waals surface area contributed by atoms with Gasteiger partial charge in [0.05, 0.1) is 21.7 Å². The van der Waals surface area contributed by atoms with Crippen LogP contribution in [0.4, 0.5) is 4.79 Å². The van der Waals surface area contributed by atoms with Gasteiger partial charge in [-0.1, -0.05) is 25.6 Å². The van der Waals surface area contributed by atoms with E-state index in [2.05, 4.69) is 15.6 Å². The summed E-state index contributed by atoms with van der Waals surface area (Å²) in [5.41, 5.74) is 1.34. The van der Waals surface area contributed by atoms with E-state index in [0.29, 0.717) is 36.9 Å². The Kier molecular flexibility index (Phi) is 8.05. The third kappa shape index (κ3) is 5.28. The number of aryl methyl sites for hydroxylation is 1. The molecular formula is C18H27N5O4S2. The van der Waals surface area contributed by atoms with E-state index in [1.807, 2.05) is 11.5 Å². The number of fused-ring (bicyclic) bond motifs is 1. The lowest BCUT2D eigenvalue weighted by Crippen LogP contribution is -2.40. The van der Waals surface area contributed by atoms with Crippen molar-refractivity contribution in [2.75, 3.05) is 25.4 Å². The number of aromatic nitrogens is 2. The molecule has 0 aliphatic rings. The summed E-state index contributed by atoms with van der Waals surface area (Å²) in [5, 5.41) is 5.33. The Labute approximate surface area is 175 Å². The Morgan fingerprint density at radius 2 is 1.86 bits per heavy atom. The molecule has 0 radical (unpaired) electrons. The quantitative estimate of drug-likeness (QED) is 0.576. The molecule has 1 aromatic heterocycles. The van der Waals surface area contributed by atoms with E-state index < -0.39 is 22.0 Å². The molecule has 2 rings (SSSR count). The van der Waals surface area contributed by atoms with Crippen LogP contribution < -0.4 is 10.6 Å². The number of imide groups is 1. The first-order chi connectivity index (χ1) is 13.8. The molecule has 0 saturated carbocycles. The van der Waals surface area contributed by atoms with E-state index in [4.69, 9.17) is 0 Å². The van der Waals surface area contributed by atoms with E-state index in [-0.39, 0.29) is 10.6 Å². The number of hydrogen-bond donors (Lipinski definition) is 2. The molecule has 0 unspecified atom stereocenters. The topological polar surface area (TPSA) is 113 Å². The first-order valence-corrected chi connectivity index (χ1v) is 11.9. The van der Waals surface area contributed by atoms with Crippen LogP contribution in [0, 0.1) is 0 Å². The standard InChI is InChI=1S/C18H27N5O4S2/c1-5-19-17(25)21-16(24)12-28-18-20-14-11-13(9-10-15(14)23(18)8-4)29(26,27)22(6-2)7-3/h9-11H,5-8,12H2,1-4H3,(H2,19,21,24,25). The third-order valence-electron chi connectivity index (χ3n) is 4.27. The van der Waals surface area contributed by atoms with Crippen LogP contribution in [0.25, 0.3) is 11.0 Å². The van der Waals surface area contributed by atoms with Crippen LogP contribution in [0.2, 0.25) is 0 Å². The maximum Gasteiger partial charge on any atom is 0.321 e. The molecule has 0 saturated heterocycles. The zero-order valence-corrected chi connectivity index (χ0v) is 18.7. The first kappa shape index (κ1) is 23.2. The monoisotopic (exact) mass is 441 g/mol. The van der Waals surface area contributed by atoms with E-state index in [9.17, 15) is 18.0 Å². The second-order valence-corrected chi connectivity index (χ2v) is 8.96. The predicted octanol–water partition coefficient (Wildman–Crippen LogP) is 2.02. The van der Waals surface area contributed by atoms with Gasteiger partial charge < -0.3 is 9.88 Å². The summed E-state index contributed by atoms with van der Waals surface area (Å²) in [4.78, 5) is 28.1.